The van der Waals surface area contributed by atoms with Crippen molar-refractivity contribution in [3.8, 4) is 5.75 Å². The van der Waals surface area contributed by atoms with Crippen molar-refractivity contribution in [2.24, 2.45) is 4.99 Å². The van der Waals surface area contributed by atoms with Crippen molar-refractivity contribution < 1.29 is 19.2 Å². The van der Waals surface area contributed by atoms with Gasteiger partial charge in [-0.05, 0) is 43.2 Å². The predicted molar refractivity (Wildman–Crippen MR) is 140 cm³/mol. The molecule has 0 saturated heterocycles. The molecule has 1 aliphatic rings. The van der Waals surface area contributed by atoms with Crippen molar-refractivity contribution in [1.82, 2.24) is 4.57 Å². The van der Waals surface area contributed by atoms with Crippen molar-refractivity contribution >= 4 is 29.1 Å². The van der Waals surface area contributed by atoms with E-state index in [1.165, 1.54) is 23.8 Å². The van der Waals surface area contributed by atoms with Gasteiger partial charge in [-0.15, -0.1) is 0 Å². The minimum Gasteiger partial charge on any atom is -0.494 e. The zero-order valence-electron chi connectivity index (χ0n) is 20.8. The van der Waals surface area contributed by atoms with E-state index in [4.69, 9.17) is 9.47 Å². The summed E-state index contributed by atoms with van der Waals surface area (Å²) in [5.74, 6) is 0.114. The molecule has 10 heteroatoms. The Morgan fingerprint density at radius 1 is 1.19 bits per heavy atom. The molecule has 2 heterocycles. The van der Waals surface area contributed by atoms with Crippen molar-refractivity contribution in [3.05, 3.63) is 101 Å². The molecule has 0 amide bonds. The van der Waals surface area contributed by atoms with Gasteiger partial charge in [-0.3, -0.25) is 19.5 Å². The summed E-state index contributed by atoms with van der Waals surface area (Å²) in [7, 11) is 1.28. The van der Waals surface area contributed by atoms with Gasteiger partial charge < -0.3 is 9.47 Å². The Balaban J connectivity index is 1.82. The van der Waals surface area contributed by atoms with Gasteiger partial charge in [0, 0.05) is 6.07 Å². The molecule has 0 radical (unpaired) electrons. The van der Waals surface area contributed by atoms with Crippen LogP contribution in [0.2, 0.25) is 0 Å². The Hall–Kier alpha value is -4.05. The van der Waals surface area contributed by atoms with Crippen LogP contribution in [-0.4, -0.2) is 29.2 Å². The number of hydrogen-bond acceptors (Lipinski definition) is 8. The highest BCUT2D eigenvalue weighted by molar-refractivity contribution is 7.07. The minimum absolute atomic E-state index is 0.106. The van der Waals surface area contributed by atoms with E-state index in [0.717, 1.165) is 30.6 Å². The van der Waals surface area contributed by atoms with Crippen molar-refractivity contribution in [2.45, 2.75) is 39.2 Å². The molecule has 0 aliphatic carbocycles. The lowest BCUT2D eigenvalue weighted by atomic mass is 9.96. The molecule has 0 N–H and O–H groups in total. The molecular formula is C27H27N3O6S. The lowest BCUT2D eigenvalue weighted by Crippen LogP contribution is -2.39. The van der Waals surface area contributed by atoms with Crippen LogP contribution in [0, 0.1) is 10.1 Å². The van der Waals surface area contributed by atoms with Crippen LogP contribution in [0.1, 0.15) is 50.3 Å². The number of benzene rings is 2. The number of carbonyl (C=O) groups is 1. The molecule has 1 unspecified atom stereocenters. The largest absolute Gasteiger partial charge is 0.494 e. The van der Waals surface area contributed by atoms with E-state index in [9.17, 15) is 19.7 Å². The highest BCUT2D eigenvalue weighted by Crippen LogP contribution is 2.31. The number of methoxy groups -OCH3 is 1. The van der Waals surface area contributed by atoms with E-state index < -0.39 is 22.5 Å². The summed E-state index contributed by atoms with van der Waals surface area (Å²) < 4.78 is 12.6. The van der Waals surface area contributed by atoms with Gasteiger partial charge in [0.15, 0.2) is 4.80 Å². The lowest BCUT2D eigenvalue weighted by molar-refractivity contribution is -0.385. The quantitative estimate of drug-likeness (QED) is 0.183. The summed E-state index contributed by atoms with van der Waals surface area (Å²) in [6.45, 7) is 4.44. The fourth-order valence-electron chi connectivity index (χ4n) is 4.21. The number of carbonyl (C=O) groups excluding carboxylic acids is 1. The number of rotatable bonds is 9. The molecule has 9 nitrogen and oxygen atoms in total. The molecule has 192 valence electrons. The fraction of sp³-hybridized carbons (Fsp3) is 0.296. The smallest absolute Gasteiger partial charge is 0.338 e. The van der Waals surface area contributed by atoms with Gasteiger partial charge in [0.2, 0.25) is 0 Å². The molecule has 4 rings (SSSR count). The maximum Gasteiger partial charge on any atom is 0.338 e. The number of aromatic nitrogens is 1. The number of thiazole rings is 1. The van der Waals surface area contributed by atoms with Crippen LogP contribution < -0.4 is 19.6 Å². The SMILES string of the molecule is CCCCCOc1ccc(C2C(C(=O)OC)=C(C)N=c3s/c(=C\c4ccccc4[N+](=O)[O-])c(=O)n32)cc1. The first-order valence-corrected chi connectivity index (χ1v) is 12.7. The van der Waals surface area contributed by atoms with Gasteiger partial charge in [-0.25, -0.2) is 9.79 Å². The van der Waals surface area contributed by atoms with Gasteiger partial charge in [0.1, 0.15) is 5.75 Å². The standard InChI is InChI=1S/C27H27N3O6S/c1-4-5-8-15-36-20-13-11-18(12-14-20)24-23(26(32)35-3)17(2)28-27-29(24)25(31)22(37-27)16-19-9-6-7-10-21(19)30(33)34/h6-7,9-14,16,24H,4-5,8,15H2,1-3H3/b22-16-. The van der Waals surface area contributed by atoms with Crippen LogP contribution >= 0.6 is 11.3 Å². The first kappa shape index (κ1) is 26.0. The molecule has 1 atom stereocenters. The van der Waals surface area contributed by atoms with E-state index >= 15 is 0 Å². The first-order chi connectivity index (χ1) is 17.8. The fourth-order valence-corrected chi connectivity index (χ4v) is 5.25. The molecule has 2 aromatic carbocycles. The number of nitrogens with zero attached hydrogens (tertiary/aromatic N) is 3. The van der Waals surface area contributed by atoms with Crippen LogP contribution in [0.15, 0.2) is 69.6 Å². The van der Waals surface area contributed by atoms with E-state index in [1.54, 1.807) is 25.1 Å². The van der Waals surface area contributed by atoms with Crippen LogP contribution in [0.5, 0.6) is 5.75 Å². The second kappa shape index (κ2) is 11.3. The number of ether oxygens (including phenoxy) is 2. The summed E-state index contributed by atoms with van der Waals surface area (Å²) in [6, 6.07) is 12.7. The molecule has 1 aliphatic heterocycles. The number of hydrogen-bond donors (Lipinski definition) is 0. The summed E-state index contributed by atoms with van der Waals surface area (Å²) in [5.41, 5.74) is 1.18. The average Bonchev–Trinajstić information content (AvgIpc) is 3.20. The number of esters is 1. The maximum atomic E-state index is 13.6. The van der Waals surface area contributed by atoms with E-state index in [1.807, 2.05) is 24.3 Å². The monoisotopic (exact) mass is 521 g/mol. The number of nitro groups is 1. The Morgan fingerprint density at radius 2 is 1.92 bits per heavy atom. The highest BCUT2D eigenvalue weighted by Gasteiger charge is 2.33. The summed E-state index contributed by atoms with van der Waals surface area (Å²) in [6.07, 6.45) is 4.64. The van der Waals surface area contributed by atoms with Gasteiger partial charge >= 0.3 is 5.97 Å². The highest BCUT2D eigenvalue weighted by atomic mass is 32.1. The zero-order valence-corrected chi connectivity index (χ0v) is 21.6. The topological polar surface area (TPSA) is 113 Å². The summed E-state index contributed by atoms with van der Waals surface area (Å²) in [5, 5.41) is 11.5. The number of para-hydroxylation sites is 1. The summed E-state index contributed by atoms with van der Waals surface area (Å²) >= 11 is 1.11. The molecule has 0 saturated carbocycles. The van der Waals surface area contributed by atoms with E-state index in [2.05, 4.69) is 11.9 Å². The lowest BCUT2D eigenvalue weighted by Gasteiger charge is -2.24. The van der Waals surface area contributed by atoms with Crippen LogP contribution in [0.25, 0.3) is 6.08 Å². The van der Waals surface area contributed by atoms with Crippen LogP contribution in [0.4, 0.5) is 5.69 Å². The number of allylic oxidation sites excluding steroid dienone is 1. The Bertz CT molecular complexity index is 1540. The molecule has 0 bridgehead atoms. The van der Waals surface area contributed by atoms with Gasteiger partial charge in [-0.2, -0.15) is 0 Å². The third kappa shape index (κ3) is 5.39. The third-order valence-electron chi connectivity index (χ3n) is 6.06. The number of nitro benzene ring substituents is 1. The van der Waals surface area contributed by atoms with Crippen LogP contribution in [-0.2, 0) is 9.53 Å². The molecule has 0 fully saturated rings. The molecule has 3 aromatic rings. The molecule has 37 heavy (non-hydrogen) atoms. The van der Waals surface area contributed by atoms with Crippen molar-refractivity contribution in [1.29, 1.82) is 0 Å². The van der Waals surface area contributed by atoms with Gasteiger partial charge in [0.25, 0.3) is 11.2 Å². The third-order valence-corrected chi connectivity index (χ3v) is 7.04. The average molecular weight is 522 g/mol. The Labute approximate surface area is 217 Å². The second-order valence-corrected chi connectivity index (χ2v) is 9.52. The number of fused-ring (bicyclic) bond motifs is 1. The van der Waals surface area contributed by atoms with Crippen LogP contribution in [0.3, 0.4) is 0 Å². The molecule has 1 aromatic heterocycles. The van der Waals surface area contributed by atoms with Gasteiger partial charge in [0.05, 0.1) is 46.0 Å². The van der Waals surface area contributed by atoms with Crippen molar-refractivity contribution in [2.75, 3.05) is 13.7 Å². The predicted octanol–water partition coefficient (Wildman–Crippen LogP) is 3.89. The first-order valence-electron chi connectivity index (χ1n) is 11.9. The Morgan fingerprint density at radius 3 is 2.59 bits per heavy atom. The summed E-state index contributed by atoms with van der Waals surface area (Å²) in [4.78, 5) is 42.3. The molecule has 0 spiro atoms. The maximum absolute atomic E-state index is 13.6. The van der Waals surface area contributed by atoms with Gasteiger partial charge in [-0.1, -0.05) is 55.4 Å². The number of unbranched alkanes of at least 4 members (excludes halogenated alkanes) is 2. The molecular weight excluding hydrogens is 494 g/mol. The van der Waals surface area contributed by atoms with Crippen molar-refractivity contribution in [3.63, 3.8) is 0 Å². The van der Waals surface area contributed by atoms with E-state index in [0.29, 0.717) is 34.0 Å². The van der Waals surface area contributed by atoms with E-state index in [-0.39, 0.29) is 15.8 Å². The second-order valence-electron chi connectivity index (χ2n) is 8.51. The Kier molecular flexibility index (Phi) is 7.98. The minimum atomic E-state index is -0.772. The normalized spacial score (nSPS) is 15.2. The zero-order chi connectivity index (χ0) is 26.5.